The molecule has 0 heterocycles. The Balaban J connectivity index is 2.30. The first-order valence-corrected chi connectivity index (χ1v) is 6.50. The summed E-state index contributed by atoms with van der Waals surface area (Å²) in [5.74, 6) is -1.51. The molecule has 108 valence electrons. The minimum atomic E-state index is -1.08. The normalized spacial score (nSPS) is 17.2. The van der Waals surface area contributed by atoms with Gasteiger partial charge in [-0.2, -0.15) is 0 Å². The van der Waals surface area contributed by atoms with Gasteiger partial charge in [-0.1, -0.05) is 20.3 Å². The van der Waals surface area contributed by atoms with E-state index >= 15 is 0 Å². The van der Waals surface area contributed by atoms with E-state index in [0.717, 1.165) is 12.8 Å². The maximum atomic E-state index is 11.5. The van der Waals surface area contributed by atoms with E-state index in [1.54, 1.807) is 6.92 Å². The van der Waals surface area contributed by atoms with Gasteiger partial charge in [0.05, 0.1) is 6.54 Å². The fourth-order valence-electron chi connectivity index (χ4n) is 1.54. The van der Waals surface area contributed by atoms with Gasteiger partial charge in [-0.05, 0) is 18.8 Å². The Labute approximate surface area is 112 Å². The Hall–Kier alpha value is -1.79. The van der Waals surface area contributed by atoms with Crippen molar-refractivity contribution in [2.45, 2.75) is 45.2 Å². The second-order valence-electron chi connectivity index (χ2n) is 4.87. The van der Waals surface area contributed by atoms with Gasteiger partial charge in [-0.15, -0.1) is 0 Å². The molecular formula is C12H21N3O4. The molecule has 7 heteroatoms. The van der Waals surface area contributed by atoms with E-state index in [9.17, 15) is 14.4 Å². The van der Waals surface area contributed by atoms with Gasteiger partial charge in [0.25, 0.3) is 0 Å². The SMILES string of the molecule is CC[C@H](C)[C@H](NC(=O)NCC(=O)NC1CC1)C(=O)O. The van der Waals surface area contributed by atoms with Crippen LogP contribution in [-0.2, 0) is 9.59 Å². The molecule has 7 nitrogen and oxygen atoms in total. The number of carboxylic acids is 1. The average molecular weight is 271 g/mol. The third-order valence-electron chi connectivity index (χ3n) is 3.12. The van der Waals surface area contributed by atoms with Gasteiger partial charge in [0.1, 0.15) is 6.04 Å². The Morgan fingerprint density at radius 3 is 2.42 bits per heavy atom. The fraction of sp³-hybridized carbons (Fsp3) is 0.750. The molecule has 4 N–H and O–H groups in total. The first-order chi connectivity index (χ1) is 8.93. The maximum absolute atomic E-state index is 11.5. The van der Waals surface area contributed by atoms with Crippen LogP contribution < -0.4 is 16.0 Å². The molecule has 1 rings (SSSR count). The van der Waals surface area contributed by atoms with Gasteiger partial charge in [-0.3, -0.25) is 4.79 Å². The van der Waals surface area contributed by atoms with Crippen LogP contribution >= 0.6 is 0 Å². The molecule has 0 aromatic carbocycles. The number of rotatable bonds is 7. The fourth-order valence-corrected chi connectivity index (χ4v) is 1.54. The lowest BCUT2D eigenvalue weighted by Crippen LogP contribution is -2.50. The lowest BCUT2D eigenvalue weighted by atomic mass is 9.99. The van der Waals surface area contributed by atoms with Crippen molar-refractivity contribution in [3.8, 4) is 0 Å². The van der Waals surface area contributed by atoms with Crippen molar-refractivity contribution in [3.05, 3.63) is 0 Å². The molecule has 0 aromatic rings. The zero-order valence-corrected chi connectivity index (χ0v) is 11.2. The van der Waals surface area contributed by atoms with E-state index in [1.165, 1.54) is 0 Å². The van der Waals surface area contributed by atoms with Crippen LogP contribution in [0.2, 0.25) is 0 Å². The Bertz CT molecular complexity index is 355. The molecule has 19 heavy (non-hydrogen) atoms. The zero-order chi connectivity index (χ0) is 14.4. The van der Waals surface area contributed by atoms with E-state index in [2.05, 4.69) is 16.0 Å². The topological polar surface area (TPSA) is 108 Å². The molecule has 1 aliphatic rings. The van der Waals surface area contributed by atoms with Gasteiger partial charge in [0.15, 0.2) is 0 Å². The van der Waals surface area contributed by atoms with Crippen LogP contribution in [0.15, 0.2) is 0 Å². The number of carbonyl (C=O) groups is 3. The molecule has 0 bridgehead atoms. The molecular weight excluding hydrogens is 250 g/mol. The van der Waals surface area contributed by atoms with Gasteiger partial charge < -0.3 is 21.1 Å². The number of nitrogens with one attached hydrogen (secondary N) is 3. The number of hydrogen-bond donors (Lipinski definition) is 4. The highest BCUT2D eigenvalue weighted by Crippen LogP contribution is 2.18. The predicted molar refractivity (Wildman–Crippen MR) is 68.6 cm³/mol. The quantitative estimate of drug-likeness (QED) is 0.525. The maximum Gasteiger partial charge on any atom is 0.326 e. The van der Waals surface area contributed by atoms with Crippen molar-refractivity contribution in [2.75, 3.05) is 6.54 Å². The van der Waals surface area contributed by atoms with Crippen LogP contribution in [0.3, 0.4) is 0 Å². The van der Waals surface area contributed by atoms with Crippen LogP contribution in [0.25, 0.3) is 0 Å². The highest BCUT2D eigenvalue weighted by atomic mass is 16.4. The number of amides is 3. The number of urea groups is 1. The molecule has 0 radical (unpaired) electrons. The third kappa shape index (κ3) is 5.58. The average Bonchev–Trinajstić information content (AvgIpc) is 3.16. The van der Waals surface area contributed by atoms with Crippen LogP contribution in [0.4, 0.5) is 4.79 Å². The van der Waals surface area contributed by atoms with Gasteiger partial charge in [0.2, 0.25) is 5.91 Å². The minimum Gasteiger partial charge on any atom is -0.480 e. The first kappa shape index (κ1) is 15.3. The Kier molecular flexibility index (Phi) is 5.59. The smallest absolute Gasteiger partial charge is 0.326 e. The van der Waals surface area contributed by atoms with Crippen molar-refractivity contribution >= 4 is 17.9 Å². The van der Waals surface area contributed by atoms with E-state index < -0.39 is 18.0 Å². The van der Waals surface area contributed by atoms with Crippen molar-refractivity contribution in [1.82, 2.24) is 16.0 Å². The largest absolute Gasteiger partial charge is 0.480 e. The standard InChI is InChI=1S/C12H21N3O4/c1-3-7(2)10(11(17)18)15-12(19)13-6-9(16)14-8-4-5-8/h7-8,10H,3-6H2,1-2H3,(H,14,16)(H,17,18)(H2,13,15,19)/t7-,10-/m0/s1. The van der Waals surface area contributed by atoms with Crippen LogP contribution in [-0.4, -0.2) is 41.6 Å². The van der Waals surface area contributed by atoms with E-state index in [0.29, 0.717) is 6.42 Å². The van der Waals surface area contributed by atoms with Crippen LogP contribution in [0.5, 0.6) is 0 Å². The van der Waals surface area contributed by atoms with E-state index in [1.807, 2.05) is 6.92 Å². The summed E-state index contributed by atoms with van der Waals surface area (Å²) in [4.78, 5) is 33.9. The van der Waals surface area contributed by atoms with Gasteiger partial charge in [0, 0.05) is 6.04 Å². The summed E-state index contributed by atoms with van der Waals surface area (Å²) in [7, 11) is 0. The monoisotopic (exact) mass is 271 g/mol. The highest BCUT2D eigenvalue weighted by molar-refractivity contribution is 5.86. The summed E-state index contributed by atoms with van der Waals surface area (Å²) in [6.07, 6.45) is 2.60. The molecule has 3 amide bonds. The van der Waals surface area contributed by atoms with Gasteiger partial charge >= 0.3 is 12.0 Å². The van der Waals surface area contributed by atoms with E-state index in [4.69, 9.17) is 5.11 Å². The summed E-state index contributed by atoms with van der Waals surface area (Å²) in [5, 5.41) is 16.4. The van der Waals surface area contributed by atoms with Crippen molar-refractivity contribution < 1.29 is 19.5 Å². The molecule has 0 saturated heterocycles. The first-order valence-electron chi connectivity index (χ1n) is 6.50. The summed E-state index contributed by atoms with van der Waals surface area (Å²) in [6, 6.07) is -1.35. The number of hydrogen-bond acceptors (Lipinski definition) is 3. The molecule has 0 unspecified atom stereocenters. The lowest BCUT2D eigenvalue weighted by Gasteiger charge is -2.20. The zero-order valence-electron chi connectivity index (χ0n) is 11.2. The molecule has 1 saturated carbocycles. The number of carboxylic acid groups (broad SMARTS) is 1. The minimum absolute atomic E-state index is 0.144. The van der Waals surface area contributed by atoms with E-state index in [-0.39, 0.29) is 24.4 Å². The Morgan fingerprint density at radius 1 is 1.32 bits per heavy atom. The molecule has 2 atom stereocenters. The molecule has 1 fully saturated rings. The summed E-state index contributed by atoms with van der Waals surface area (Å²) in [6.45, 7) is 3.46. The van der Waals surface area contributed by atoms with Crippen molar-refractivity contribution in [1.29, 1.82) is 0 Å². The van der Waals surface area contributed by atoms with Crippen molar-refractivity contribution in [2.24, 2.45) is 5.92 Å². The highest BCUT2D eigenvalue weighted by Gasteiger charge is 2.26. The van der Waals surface area contributed by atoms with Gasteiger partial charge in [-0.25, -0.2) is 9.59 Å². The van der Waals surface area contributed by atoms with Crippen LogP contribution in [0.1, 0.15) is 33.1 Å². The molecule has 1 aliphatic carbocycles. The summed E-state index contributed by atoms with van der Waals surface area (Å²) < 4.78 is 0. The van der Waals surface area contributed by atoms with Crippen molar-refractivity contribution in [3.63, 3.8) is 0 Å². The second-order valence-corrected chi connectivity index (χ2v) is 4.87. The summed E-state index contributed by atoms with van der Waals surface area (Å²) in [5.41, 5.74) is 0. The second kappa shape index (κ2) is 6.96. The van der Waals surface area contributed by atoms with Crippen LogP contribution in [0, 0.1) is 5.92 Å². The third-order valence-corrected chi connectivity index (χ3v) is 3.12. The predicted octanol–water partition coefficient (Wildman–Crippen LogP) is 0.0635. The lowest BCUT2D eigenvalue weighted by molar-refractivity contribution is -0.140. The number of aliphatic carboxylic acids is 1. The molecule has 0 spiro atoms. The molecule has 0 aromatic heterocycles. The Morgan fingerprint density at radius 2 is 1.95 bits per heavy atom. The molecule has 0 aliphatic heterocycles. The number of carbonyl (C=O) groups excluding carboxylic acids is 2. The summed E-state index contributed by atoms with van der Waals surface area (Å²) >= 11 is 0.